The molecule has 7 heteroatoms. The van der Waals surface area contributed by atoms with E-state index in [1.54, 1.807) is 6.20 Å². The Hall–Kier alpha value is -2.02. The van der Waals surface area contributed by atoms with Gasteiger partial charge in [0.25, 0.3) is 0 Å². The Morgan fingerprint density at radius 1 is 1.33 bits per heavy atom. The number of hydrogen-bond acceptors (Lipinski definition) is 6. The van der Waals surface area contributed by atoms with Gasteiger partial charge in [-0.15, -0.1) is 0 Å². The van der Waals surface area contributed by atoms with Crippen molar-refractivity contribution >= 4 is 5.82 Å². The molecular weight excluding hydrogens is 194 g/mol. The molecule has 0 radical (unpaired) electrons. The number of nitrogens with zero attached hydrogens (tertiary/aromatic N) is 4. The second kappa shape index (κ2) is 3.62. The van der Waals surface area contributed by atoms with Crippen LogP contribution in [-0.2, 0) is 0 Å². The summed E-state index contributed by atoms with van der Waals surface area (Å²) in [7, 11) is 0. The molecule has 0 aliphatic carbocycles. The van der Waals surface area contributed by atoms with Crippen LogP contribution in [-0.4, -0.2) is 25.4 Å². The first-order chi connectivity index (χ1) is 7.22. The third-order valence-corrected chi connectivity index (χ3v) is 2.17. The van der Waals surface area contributed by atoms with Gasteiger partial charge in [-0.3, -0.25) is 0 Å². The Morgan fingerprint density at radius 2 is 2.13 bits per heavy atom. The Bertz CT molecular complexity index is 462. The number of aromatic amines is 1. The number of hydrogen-bond donors (Lipinski definition) is 3. The molecule has 0 fully saturated rings. The van der Waals surface area contributed by atoms with Crippen molar-refractivity contribution in [1.82, 2.24) is 25.4 Å². The van der Waals surface area contributed by atoms with E-state index < -0.39 is 0 Å². The molecule has 0 spiro atoms. The lowest BCUT2D eigenvalue weighted by Crippen LogP contribution is -2.12. The normalized spacial score (nSPS) is 10.3. The standard InChI is InChI=1S/C8H11N7/c1-4-5(2)11-8(12-7(4)13-9)6-3-10-15-14-6/h3H,9H2,1-2H3,(H,10,14,15)(H,11,12,13). The largest absolute Gasteiger partial charge is 0.308 e. The van der Waals surface area contributed by atoms with Crippen molar-refractivity contribution < 1.29 is 0 Å². The molecule has 0 amide bonds. The SMILES string of the molecule is Cc1nc(-c2cn[nH]n2)nc(NN)c1C. The summed E-state index contributed by atoms with van der Waals surface area (Å²) in [6.07, 6.45) is 1.56. The van der Waals surface area contributed by atoms with E-state index >= 15 is 0 Å². The summed E-state index contributed by atoms with van der Waals surface area (Å²) in [6.45, 7) is 3.79. The highest BCUT2D eigenvalue weighted by atomic mass is 15.3. The maximum absolute atomic E-state index is 5.36. The van der Waals surface area contributed by atoms with Crippen LogP contribution in [0.15, 0.2) is 6.20 Å². The van der Waals surface area contributed by atoms with E-state index in [1.165, 1.54) is 0 Å². The Kier molecular flexibility index (Phi) is 2.30. The summed E-state index contributed by atoms with van der Waals surface area (Å²) >= 11 is 0. The summed E-state index contributed by atoms with van der Waals surface area (Å²) in [5.41, 5.74) is 4.90. The van der Waals surface area contributed by atoms with Crippen molar-refractivity contribution in [3.63, 3.8) is 0 Å². The molecule has 2 aromatic rings. The van der Waals surface area contributed by atoms with Gasteiger partial charge in [-0.1, -0.05) is 0 Å². The van der Waals surface area contributed by atoms with Gasteiger partial charge in [0, 0.05) is 11.3 Å². The van der Waals surface area contributed by atoms with Crippen LogP contribution in [0.25, 0.3) is 11.5 Å². The van der Waals surface area contributed by atoms with Crippen LogP contribution < -0.4 is 11.3 Å². The maximum atomic E-state index is 5.36. The average molecular weight is 205 g/mol. The highest BCUT2D eigenvalue weighted by molar-refractivity contribution is 5.54. The molecule has 0 saturated heterocycles. The molecule has 0 unspecified atom stereocenters. The quantitative estimate of drug-likeness (QED) is 0.476. The number of nitrogen functional groups attached to an aromatic ring is 1. The average Bonchev–Trinajstić information content (AvgIpc) is 2.75. The van der Waals surface area contributed by atoms with Gasteiger partial charge in [0.15, 0.2) is 5.82 Å². The van der Waals surface area contributed by atoms with Gasteiger partial charge >= 0.3 is 0 Å². The molecule has 15 heavy (non-hydrogen) atoms. The van der Waals surface area contributed by atoms with Gasteiger partial charge in [-0.25, -0.2) is 15.8 Å². The van der Waals surface area contributed by atoms with Gasteiger partial charge in [0.05, 0.1) is 6.20 Å². The monoisotopic (exact) mass is 205 g/mol. The van der Waals surface area contributed by atoms with Crippen LogP contribution in [0.3, 0.4) is 0 Å². The minimum Gasteiger partial charge on any atom is -0.308 e. The van der Waals surface area contributed by atoms with Crippen molar-refractivity contribution in [3.05, 3.63) is 17.5 Å². The van der Waals surface area contributed by atoms with Crippen LogP contribution in [0, 0.1) is 13.8 Å². The number of nitrogens with two attached hydrogens (primary N) is 1. The molecule has 0 aromatic carbocycles. The number of aryl methyl sites for hydroxylation is 1. The predicted octanol–water partition coefficient (Wildman–Crippen LogP) is 0.164. The second-order valence-corrected chi connectivity index (χ2v) is 3.11. The predicted molar refractivity (Wildman–Crippen MR) is 54.7 cm³/mol. The first-order valence-electron chi connectivity index (χ1n) is 4.40. The summed E-state index contributed by atoms with van der Waals surface area (Å²) < 4.78 is 0. The van der Waals surface area contributed by atoms with Crippen LogP contribution in [0.2, 0.25) is 0 Å². The molecule has 78 valence electrons. The van der Waals surface area contributed by atoms with Crippen molar-refractivity contribution in [2.75, 3.05) is 5.43 Å². The van der Waals surface area contributed by atoms with E-state index in [-0.39, 0.29) is 0 Å². The lowest BCUT2D eigenvalue weighted by atomic mass is 10.2. The molecule has 4 N–H and O–H groups in total. The van der Waals surface area contributed by atoms with Gasteiger partial charge in [-0.05, 0) is 13.8 Å². The van der Waals surface area contributed by atoms with E-state index in [9.17, 15) is 0 Å². The third kappa shape index (κ3) is 1.64. The van der Waals surface area contributed by atoms with E-state index in [0.717, 1.165) is 11.3 Å². The third-order valence-electron chi connectivity index (χ3n) is 2.17. The van der Waals surface area contributed by atoms with Crippen molar-refractivity contribution in [1.29, 1.82) is 0 Å². The van der Waals surface area contributed by atoms with Crippen LogP contribution in [0.5, 0.6) is 0 Å². The molecule has 7 nitrogen and oxygen atoms in total. The van der Waals surface area contributed by atoms with Crippen molar-refractivity contribution in [3.8, 4) is 11.5 Å². The van der Waals surface area contributed by atoms with Gasteiger partial charge in [0.1, 0.15) is 11.5 Å². The second-order valence-electron chi connectivity index (χ2n) is 3.11. The fourth-order valence-corrected chi connectivity index (χ4v) is 1.19. The minimum atomic E-state index is 0.500. The van der Waals surface area contributed by atoms with Gasteiger partial charge in [-0.2, -0.15) is 15.4 Å². The Labute approximate surface area is 86.1 Å². The van der Waals surface area contributed by atoms with E-state index in [0.29, 0.717) is 17.3 Å². The topological polar surface area (TPSA) is 105 Å². The molecule has 0 saturated carbocycles. The number of anilines is 1. The van der Waals surface area contributed by atoms with E-state index in [2.05, 4.69) is 30.8 Å². The molecule has 0 aliphatic heterocycles. The molecule has 0 atom stereocenters. The highest BCUT2D eigenvalue weighted by Gasteiger charge is 2.10. The number of aromatic nitrogens is 5. The van der Waals surface area contributed by atoms with Crippen LogP contribution >= 0.6 is 0 Å². The molecule has 2 heterocycles. The zero-order valence-corrected chi connectivity index (χ0v) is 8.44. The maximum Gasteiger partial charge on any atom is 0.184 e. The minimum absolute atomic E-state index is 0.500. The Morgan fingerprint density at radius 3 is 2.73 bits per heavy atom. The molecule has 0 aliphatic rings. The lowest BCUT2D eigenvalue weighted by Gasteiger charge is -2.07. The molecular formula is C8H11N7. The van der Waals surface area contributed by atoms with Crippen LogP contribution in [0.1, 0.15) is 11.3 Å². The molecule has 2 rings (SSSR count). The number of rotatable bonds is 2. The fourth-order valence-electron chi connectivity index (χ4n) is 1.19. The van der Waals surface area contributed by atoms with Crippen molar-refractivity contribution in [2.45, 2.75) is 13.8 Å². The molecule has 0 bridgehead atoms. The number of H-pyrrole nitrogens is 1. The first-order valence-corrected chi connectivity index (χ1v) is 4.40. The fraction of sp³-hybridized carbons (Fsp3) is 0.250. The summed E-state index contributed by atoms with van der Waals surface area (Å²) in [5, 5.41) is 10.1. The zero-order chi connectivity index (χ0) is 10.8. The molecule has 2 aromatic heterocycles. The van der Waals surface area contributed by atoms with Crippen molar-refractivity contribution in [2.24, 2.45) is 5.84 Å². The summed E-state index contributed by atoms with van der Waals surface area (Å²) in [4.78, 5) is 8.52. The van der Waals surface area contributed by atoms with E-state index in [1.807, 2.05) is 13.8 Å². The smallest absolute Gasteiger partial charge is 0.184 e. The van der Waals surface area contributed by atoms with Crippen LogP contribution in [0.4, 0.5) is 5.82 Å². The summed E-state index contributed by atoms with van der Waals surface area (Å²) in [5.74, 6) is 6.46. The number of hydrazine groups is 1. The van der Waals surface area contributed by atoms with Gasteiger partial charge in [0.2, 0.25) is 0 Å². The number of nitrogens with one attached hydrogen (secondary N) is 2. The lowest BCUT2D eigenvalue weighted by molar-refractivity contribution is 0.936. The highest BCUT2D eigenvalue weighted by Crippen LogP contribution is 2.18. The van der Waals surface area contributed by atoms with E-state index in [4.69, 9.17) is 5.84 Å². The Balaban J connectivity index is 2.55. The van der Waals surface area contributed by atoms with Gasteiger partial charge < -0.3 is 5.43 Å². The summed E-state index contributed by atoms with van der Waals surface area (Å²) in [6, 6.07) is 0. The zero-order valence-electron chi connectivity index (χ0n) is 8.44. The first kappa shape index (κ1) is 9.53.